The van der Waals surface area contributed by atoms with Gasteiger partial charge in [-0.3, -0.25) is 4.79 Å². The van der Waals surface area contributed by atoms with Gasteiger partial charge in [0.25, 0.3) is 0 Å². The highest BCUT2D eigenvalue weighted by molar-refractivity contribution is 7.10. The lowest BCUT2D eigenvalue weighted by Crippen LogP contribution is -2.27. The van der Waals surface area contributed by atoms with E-state index in [9.17, 15) is 4.79 Å². The van der Waals surface area contributed by atoms with E-state index in [1.54, 1.807) is 11.3 Å². The van der Waals surface area contributed by atoms with Crippen molar-refractivity contribution in [2.45, 2.75) is 46.2 Å². The predicted octanol–water partition coefficient (Wildman–Crippen LogP) is 2.45. The van der Waals surface area contributed by atoms with Gasteiger partial charge in [-0.05, 0) is 36.9 Å². The minimum Gasteiger partial charge on any atom is -0.351 e. The van der Waals surface area contributed by atoms with Gasteiger partial charge in [0.15, 0.2) is 0 Å². The third-order valence-corrected chi connectivity index (χ3v) is 3.57. The van der Waals surface area contributed by atoms with E-state index in [2.05, 4.69) is 42.9 Å². The van der Waals surface area contributed by atoms with E-state index in [1.165, 1.54) is 10.4 Å². The molecule has 0 radical (unpaired) electrons. The number of aryl methyl sites for hydroxylation is 1. The molecule has 1 heterocycles. The first-order valence-electron chi connectivity index (χ1n) is 6.12. The second kappa shape index (κ2) is 7.45. The molecule has 2 N–H and O–H groups in total. The van der Waals surface area contributed by atoms with Gasteiger partial charge < -0.3 is 10.6 Å². The average molecular weight is 254 g/mol. The third kappa shape index (κ3) is 5.84. The van der Waals surface area contributed by atoms with Gasteiger partial charge in [0, 0.05) is 17.3 Å². The van der Waals surface area contributed by atoms with Gasteiger partial charge in [0.05, 0.1) is 6.54 Å². The molecule has 1 aromatic heterocycles. The summed E-state index contributed by atoms with van der Waals surface area (Å²) >= 11 is 1.70. The van der Waals surface area contributed by atoms with Crippen LogP contribution in [0.5, 0.6) is 0 Å². The van der Waals surface area contributed by atoms with Crippen LogP contribution in [0.4, 0.5) is 0 Å². The number of carbonyl (C=O) groups excluding carboxylic acids is 1. The van der Waals surface area contributed by atoms with Crippen molar-refractivity contribution < 1.29 is 4.79 Å². The van der Waals surface area contributed by atoms with Gasteiger partial charge in [-0.15, -0.1) is 11.3 Å². The normalized spacial score (nSPS) is 10.8. The summed E-state index contributed by atoms with van der Waals surface area (Å²) in [5.74, 6) is 0.142. The van der Waals surface area contributed by atoms with Crippen molar-refractivity contribution in [3.63, 3.8) is 0 Å². The molecule has 3 nitrogen and oxygen atoms in total. The number of amides is 1. The van der Waals surface area contributed by atoms with Crippen LogP contribution in [0.1, 0.15) is 37.1 Å². The molecule has 0 aliphatic carbocycles. The fourth-order valence-electron chi connectivity index (χ4n) is 1.49. The Morgan fingerprint density at radius 2 is 2.24 bits per heavy atom. The van der Waals surface area contributed by atoms with E-state index < -0.39 is 0 Å². The van der Waals surface area contributed by atoms with Crippen molar-refractivity contribution >= 4 is 17.2 Å². The Morgan fingerprint density at radius 3 is 2.82 bits per heavy atom. The summed E-state index contributed by atoms with van der Waals surface area (Å²) in [4.78, 5) is 12.8. The fraction of sp³-hybridized carbons (Fsp3) is 0.615. The van der Waals surface area contributed by atoms with Crippen LogP contribution in [0.15, 0.2) is 11.4 Å². The molecule has 1 amide bonds. The number of carbonyl (C=O) groups is 1. The van der Waals surface area contributed by atoms with Gasteiger partial charge in [-0.2, -0.15) is 0 Å². The molecule has 1 rings (SSSR count). The zero-order valence-electron chi connectivity index (χ0n) is 10.9. The number of hydrogen-bond acceptors (Lipinski definition) is 3. The minimum absolute atomic E-state index is 0.142. The smallest absolute Gasteiger partial charge is 0.220 e. The van der Waals surface area contributed by atoms with Crippen LogP contribution in [0.25, 0.3) is 0 Å². The number of nitrogens with one attached hydrogen (secondary N) is 2. The highest BCUT2D eigenvalue weighted by atomic mass is 32.1. The summed E-state index contributed by atoms with van der Waals surface area (Å²) in [6.07, 6.45) is 1.50. The molecular formula is C13H22N2OS. The van der Waals surface area contributed by atoms with Crippen LogP contribution in [-0.2, 0) is 11.3 Å². The van der Waals surface area contributed by atoms with Crippen molar-refractivity contribution in [2.24, 2.45) is 0 Å². The standard InChI is InChI=1S/C13H22N2OS/c1-10(2)14-7-4-5-13(16)15-9-12-11(3)6-8-17-12/h6,8,10,14H,4-5,7,9H2,1-3H3,(H,15,16). The molecule has 4 heteroatoms. The Balaban J connectivity index is 2.11. The first-order valence-corrected chi connectivity index (χ1v) is 7.00. The van der Waals surface area contributed by atoms with E-state index in [0.717, 1.165) is 13.0 Å². The Labute approximate surface area is 108 Å². The van der Waals surface area contributed by atoms with Crippen molar-refractivity contribution in [1.29, 1.82) is 0 Å². The monoisotopic (exact) mass is 254 g/mol. The van der Waals surface area contributed by atoms with Crippen LogP contribution in [0.3, 0.4) is 0 Å². The van der Waals surface area contributed by atoms with E-state index in [-0.39, 0.29) is 5.91 Å². The average Bonchev–Trinajstić information content (AvgIpc) is 2.67. The van der Waals surface area contributed by atoms with Gasteiger partial charge in [-0.25, -0.2) is 0 Å². The van der Waals surface area contributed by atoms with Gasteiger partial charge in [-0.1, -0.05) is 13.8 Å². The molecule has 17 heavy (non-hydrogen) atoms. The van der Waals surface area contributed by atoms with Crippen molar-refractivity contribution in [3.8, 4) is 0 Å². The van der Waals surface area contributed by atoms with E-state index >= 15 is 0 Å². The summed E-state index contributed by atoms with van der Waals surface area (Å²) in [5, 5.41) is 8.32. The Bertz CT molecular complexity index is 347. The highest BCUT2D eigenvalue weighted by Gasteiger charge is 2.04. The van der Waals surface area contributed by atoms with Crippen LogP contribution < -0.4 is 10.6 Å². The lowest BCUT2D eigenvalue weighted by Gasteiger charge is -2.08. The molecule has 96 valence electrons. The minimum atomic E-state index is 0.142. The molecule has 0 atom stereocenters. The summed E-state index contributed by atoms with van der Waals surface area (Å²) in [6.45, 7) is 7.87. The summed E-state index contributed by atoms with van der Waals surface area (Å²) < 4.78 is 0. The first-order chi connectivity index (χ1) is 8.09. The Hall–Kier alpha value is -0.870. The van der Waals surface area contributed by atoms with E-state index in [0.29, 0.717) is 19.0 Å². The number of rotatable bonds is 7. The molecule has 0 saturated carbocycles. The van der Waals surface area contributed by atoms with Crippen LogP contribution in [0, 0.1) is 6.92 Å². The lowest BCUT2D eigenvalue weighted by atomic mass is 10.2. The lowest BCUT2D eigenvalue weighted by molar-refractivity contribution is -0.121. The van der Waals surface area contributed by atoms with Crippen LogP contribution in [-0.4, -0.2) is 18.5 Å². The van der Waals surface area contributed by atoms with E-state index in [1.807, 2.05) is 0 Å². The maximum Gasteiger partial charge on any atom is 0.220 e. The molecule has 0 aromatic carbocycles. The second-order valence-electron chi connectivity index (χ2n) is 4.52. The fourth-order valence-corrected chi connectivity index (χ4v) is 2.34. The maximum atomic E-state index is 11.6. The number of hydrogen-bond donors (Lipinski definition) is 2. The van der Waals surface area contributed by atoms with Crippen molar-refractivity contribution in [1.82, 2.24) is 10.6 Å². The SMILES string of the molecule is Cc1ccsc1CNC(=O)CCCNC(C)C. The third-order valence-electron chi connectivity index (χ3n) is 2.55. The summed E-state index contributed by atoms with van der Waals surface area (Å²) in [6, 6.07) is 2.57. The van der Waals surface area contributed by atoms with Crippen molar-refractivity contribution in [3.05, 3.63) is 21.9 Å². The molecule has 0 aliphatic heterocycles. The second-order valence-corrected chi connectivity index (χ2v) is 5.52. The molecular weight excluding hydrogens is 232 g/mol. The maximum absolute atomic E-state index is 11.6. The molecule has 1 aromatic rings. The molecule has 0 unspecified atom stereocenters. The largest absolute Gasteiger partial charge is 0.351 e. The highest BCUT2D eigenvalue weighted by Crippen LogP contribution is 2.14. The van der Waals surface area contributed by atoms with E-state index in [4.69, 9.17) is 0 Å². The summed E-state index contributed by atoms with van der Waals surface area (Å²) in [7, 11) is 0. The molecule has 0 bridgehead atoms. The molecule has 0 spiro atoms. The molecule has 0 fully saturated rings. The molecule has 0 saturated heterocycles. The van der Waals surface area contributed by atoms with Crippen molar-refractivity contribution in [2.75, 3.05) is 6.54 Å². The van der Waals surface area contributed by atoms with Crippen LogP contribution in [0.2, 0.25) is 0 Å². The topological polar surface area (TPSA) is 41.1 Å². The Morgan fingerprint density at radius 1 is 1.47 bits per heavy atom. The Kier molecular flexibility index (Phi) is 6.22. The molecule has 0 aliphatic rings. The number of thiophene rings is 1. The zero-order chi connectivity index (χ0) is 12.7. The van der Waals surface area contributed by atoms with Crippen LogP contribution >= 0.6 is 11.3 Å². The first kappa shape index (κ1) is 14.2. The summed E-state index contributed by atoms with van der Waals surface area (Å²) in [5.41, 5.74) is 1.26. The van der Waals surface area contributed by atoms with Gasteiger partial charge in [0.2, 0.25) is 5.91 Å². The van der Waals surface area contributed by atoms with Gasteiger partial charge >= 0.3 is 0 Å². The predicted molar refractivity (Wildman–Crippen MR) is 73.3 cm³/mol. The van der Waals surface area contributed by atoms with Gasteiger partial charge in [0.1, 0.15) is 0 Å². The zero-order valence-corrected chi connectivity index (χ0v) is 11.7. The quantitative estimate of drug-likeness (QED) is 0.734.